The van der Waals surface area contributed by atoms with Gasteiger partial charge in [0.05, 0.1) is 6.54 Å². The molecule has 9 heteroatoms. The Hall–Kier alpha value is -4.14. The van der Waals surface area contributed by atoms with Crippen LogP contribution in [0.3, 0.4) is 0 Å². The summed E-state index contributed by atoms with van der Waals surface area (Å²) in [7, 11) is 0. The van der Waals surface area contributed by atoms with E-state index in [2.05, 4.69) is 20.8 Å². The van der Waals surface area contributed by atoms with Crippen molar-refractivity contribution in [2.24, 2.45) is 0 Å². The number of hydrogen-bond acceptors (Lipinski definition) is 5. The highest BCUT2D eigenvalue weighted by molar-refractivity contribution is 5.93. The third kappa shape index (κ3) is 4.94. The second-order valence-corrected chi connectivity index (χ2v) is 7.37. The molecule has 0 bridgehead atoms. The monoisotopic (exact) mass is 432 g/mol. The van der Waals surface area contributed by atoms with E-state index in [1.165, 1.54) is 22.9 Å². The predicted octanol–water partition coefficient (Wildman–Crippen LogP) is 2.75. The molecule has 0 aliphatic rings. The summed E-state index contributed by atoms with van der Waals surface area (Å²) in [6.45, 7) is 2.15. The molecule has 0 saturated heterocycles. The normalized spacial score (nSPS) is 11.8. The van der Waals surface area contributed by atoms with Gasteiger partial charge in [0.1, 0.15) is 17.7 Å². The van der Waals surface area contributed by atoms with E-state index in [-0.39, 0.29) is 17.3 Å². The first-order chi connectivity index (χ1) is 15.5. The van der Waals surface area contributed by atoms with Gasteiger partial charge in [-0.3, -0.25) is 9.59 Å². The number of rotatable bonds is 7. The van der Waals surface area contributed by atoms with Gasteiger partial charge in [-0.1, -0.05) is 30.3 Å². The van der Waals surface area contributed by atoms with Gasteiger partial charge in [0.25, 0.3) is 5.56 Å². The number of pyridine rings is 1. The molecule has 162 valence electrons. The van der Waals surface area contributed by atoms with Crippen LogP contribution in [-0.2, 0) is 17.8 Å². The Labute approximate surface area is 183 Å². The van der Waals surface area contributed by atoms with Crippen molar-refractivity contribution in [3.05, 3.63) is 106 Å². The van der Waals surface area contributed by atoms with Crippen LogP contribution in [-0.4, -0.2) is 30.7 Å². The number of aromatic nitrogens is 5. The van der Waals surface area contributed by atoms with Crippen LogP contribution < -0.4 is 10.9 Å². The molecular formula is C23H21FN6O2. The van der Waals surface area contributed by atoms with E-state index in [9.17, 15) is 14.0 Å². The highest BCUT2D eigenvalue weighted by atomic mass is 19.1. The topological polar surface area (TPSA) is 94.7 Å². The van der Waals surface area contributed by atoms with Crippen molar-refractivity contribution in [3.8, 4) is 0 Å². The number of nitrogens with zero attached hydrogens (tertiary/aromatic N) is 5. The summed E-state index contributed by atoms with van der Waals surface area (Å²) < 4.78 is 16.3. The van der Waals surface area contributed by atoms with Crippen LogP contribution in [0.25, 0.3) is 0 Å². The Kier molecular flexibility index (Phi) is 6.16. The number of benzene rings is 2. The van der Waals surface area contributed by atoms with Gasteiger partial charge in [0.15, 0.2) is 0 Å². The van der Waals surface area contributed by atoms with Crippen molar-refractivity contribution in [2.45, 2.75) is 25.9 Å². The lowest BCUT2D eigenvalue weighted by Crippen LogP contribution is -2.29. The van der Waals surface area contributed by atoms with Crippen molar-refractivity contribution in [1.29, 1.82) is 0 Å². The fourth-order valence-corrected chi connectivity index (χ4v) is 3.37. The lowest BCUT2D eigenvalue weighted by Gasteiger charge is -2.18. The van der Waals surface area contributed by atoms with Gasteiger partial charge < -0.3 is 9.88 Å². The molecule has 2 aromatic carbocycles. The number of tetrazole rings is 1. The van der Waals surface area contributed by atoms with Gasteiger partial charge >= 0.3 is 0 Å². The summed E-state index contributed by atoms with van der Waals surface area (Å²) in [6, 6.07) is 17.6. The fraction of sp³-hybridized carbons (Fsp3) is 0.174. The first kappa shape index (κ1) is 21.1. The molecule has 0 aliphatic carbocycles. The number of aryl methyl sites for hydroxylation is 1. The highest BCUT2D eigenvalue weighted by Gasteiger charge is 2.24. The maximum absolute atomic E-state index is 13.3. The van der Waals surface area contributed by atoms with Gasteiger partial charge in [0.2, 0.25) is 5.91 Å². The molecule has 0 aliphatic heterocycles. The molecule has 4 aromatic rings. The SMILES string of the molecule is Cc1nnnn1C(Cc1ccc(F)cc1)C(=O)Nc1ccc(Cn2ccccc2=O)cc1. The van der Waals surface area contributed by atoms with E-state index in [1.807, 2.05) is 12.1 Å². The molecule has 2 heterocycles. The van der Waals surface area contributed by atoms with E-state index in [4.69, 9.17) is 0 Å². The van der Waals surface area contributed by atoms with Crippen LogP contribution in [0.15, 0.2) is 77.7 Å². The minimum absolute atomic E-state index is 0.0784. The summed E-state index contributed by atoms with van der Waals surface area (Å²) >= 11 is 0. The number of halogens is 1. The number of anilines is 1. The molecule has 1 amide bonds. The van der Waals surface area contributed by atoms with E-state index in [0.29, 0.717) is 24.5 Å². The molecule has 0 saturated carbocycles. The summed E-state index contributed by atoms with van der Waals surface area (Å²) in [5.74, 6) is -0.140. The quantitative estimate of drug-likeness (QED) is 0.485. The molecule has 0 radical (unpaired) electrons. The zero-order chi connectivity index (χ0) is 22.5. The predicted molar refractivity (Wildman–Crippen MR) is 117 cm³/mol. The molecule has 4 rings (SSSR count). The third-order valence-corrected chi connectivity index (χ3v) is 5.07. The van der Waals surface area contributed by atoms with E-state index in [1.54, 1.807) is 54.1 Å². The first-order valence-electron chi connectivity index (χ1n) is 10.0. The van der Waals surface area contributed by atoms with Crippen LogP contribution in [0, 0.1) is 12.7 Å². The second-order valence-electron chi connectivity index (χ2n) is 7.37. The Morgan fingerprint density at radius 2 is 1.75 bits per heavy atom. The minimum Gasteiger partial charge on any atom is -0.324 e. The maximum atomic E-state index is 13.3. The van der Waals surface area contributed by atoms with E-state index < -0.39 is 6.04 Å². The average Bonchev–Trinajstić information content (AvgIpc) is 3.21. The number of hydrogen-bond donors (Lipinski definition) is 1. The molecule has 0 spiro atoms. The number of nitrogens with one attached hydrogen (secondary N) is 1. The van der Waals surface area contributed by atoms with Crippen LogP contribution in [0.5, 0.6) is 0 Å². The van der Waals surface area contributed by atoms with Crippen LogP contribution >= 0.6 is 0 Å². The lowest BCUT2D eigenvalue weighted by atomic mass is 10.0. The van der Waals surface area contributed by atoms with Crippen LogP contribution in [0.2, 0.25) is 0 Å². The largest absolute Gasteiger partial charge is 0.324 e. The number of amides is 1. The standard InChI is InChI=1S/C23H21FN6O2/c1-16-26-27-28-30(16)21(14-17-5-9-19(24)10-6-17)23(32)25-20-11-7-18(8-12-20)15-29-13-3-2-4-22(29)31/h2-13,21H,14-15H2,1H3,(H,25,32). The van der Waals surface area contributed by atoms with Crippen molar-refractivity contribution in [3.63, 3.8) is 0 Å². The maximum Gasteiger partial charge on any atom is 0.250 e. The highest BCUT2D eigenvalue weighted by Crippen LogP contribution is 2.19. The van der Waals surface area contributed by atoms with Crippen molar-refractivity contribution in [2.75, 3.05) is 5.32 Å². The lowest BCUT2D eigenvalue weighted by molar-refractivity contribution is -0.119. The molecule has 2 aromatic heterocycles. The molecule has 32 heavy (non-hydrogen) atoms. The smallest absolute Gasteiger partial charge is 0.250 e. The molecule has 1 atom stereocenters. The van der Waals surface area contributed by atoms with Crippen molar-refractivity contribution >= 4 is 11.6 Å². The molecule has 0 fully saturated rings. The van der Waals surface area contributed by atoms with Crippen LogP contribution in [0.4, 0.5) is 10.1 Å². The number of carbonyl (C=O) groups is 1. The summed E-state index contributed by atoms with van der Waals surface area (Å²) in [5.41, 5.74) is 2.24. The molecular weight excluding hydrogens is 411 g/mol. The van der Waals surface area contributed by atoms with Gasteiger partial charge in [-0.15, -0.1) is 5.10 Å². The van der Waals surface area contributed by atoms with Gasteiger partial charge in [-0.25, -0.2) is 9.07 Å². The first-order valence-corrected chi connectivity index (χ1v) is 10.0. The fourth-order valence-electron chi connectivity index (χ4n) is 3.37. The Morgan fingerprint density at radius 1 is 1.03 bits per heavy atom. The Balaban J connectivity index is 1.50. The summed E-state index contributed by atoms with van der Waals surface area (Å²) in [5, 5.41) is 14.4. The van der Waals surface area contributed by atoms with Crippen LogP contribution in [0.1, 0.15) is 23.0 Å². The summed E-state index contributed by atoms with van der Waals surface area (Å²) in [4.78, 5) is 25.0. The third-order valence-electron chi connectivity index (χ3n) is 5.07. The van der Waals surface area contributed by atoms with Crippen molar-refractivity contribution in [1.82, 2.24) is 24.8 Å². The van der Waals surface area contributed by atoms with E-state index >= 15 is 0 Å². The zero-order valence-corrected chi connectivity index (χ0v) is 17.4. The van der Waals surface area contributed by atoms with E-state index in [0.717, 1.165) is 11.1 Å². The zero-order valence-electron chi connectivity index (χ0n) is 17.4. The minimum atomic E-state index is -0.710. The molecule has 1 N–H and O–H groups in total. The summed E-state index contributed by atoms with van der Waals surface area (Å²) in [6.07, 6.45) is 2.03. The Morgan fingerprint density at radius 3 is 2.41 bits per heavy atom. The number of carbonyl (C=O) groups excluding carboxylic acids is 1. The molecule has 8 nitrogen and oxygen atoms in total. The van der Waals surface area contributed by atoms with Crippen molar-refractivity contribution < 1.29 is 9.18 Å². The second kappa shape index (κ2) is 9.34. The van der Waals surface area contributed by atoms with Gasteiger partial charge in [-0.05, 0) is 58.8 Å². The average molecular weight is 432 g/mol. The Bertz CT molecular complexity index is 1260. The molecule has 1 unspecified atom stereocenters. The van der Waals surface area contributed by atoms with Gasteiger partial charge in [-0.2, -0.15) is 0 Å². The van der Waals surface area contributed by atoms with Gasteiger partial charge in [0, 0.05) is 24.4 Å².